The van der Waals surface area contributed by atoms with Gasteiger partial charge in [-0.1, -0.05) is 0 Å². The first kappa shape index (κ1) is 12.9. The number of anilines is 1. The number of fused-ring (bicyclic) bond motifs is 1. The lowest BCUT2D eigenvalue weighted by Crippen LogP contribution is -2.51. The van der Waals surface area contributed by atoms with E-state index in [1.807, 2.05) is 6.92 Å². The van der Waals surface area contributed by atoms with Crippen LogP contribution in [0.5, 0.6) is 0 Å². The van der Waals surface area contributed by atoms with Crippen molar-refractivity contribution in [3.05, 3.63) is 11.6 Å². The topological polar surface area (TPSA) is 102 Å². The molecule has 0 amide bonds. The number of nitrogens with one attached hydrogen (secondary N) is 2. The molecule has 0 atom stereocenters. The van der Waals surface area contributed by atoms with Crippen LogP contribution in [0.15, 0.2) is 16.6 Å². The maximum atomic E-state index is 12.5. The number of sulfonamides is 1. The summed E-state index contributed by atoms with van der Waals surface area (Å²) in [4.78, 5) is 4.75. The van der Waals surface area contributed by atoms with Gasteiger partial charge in [-0.15, -0.1) is 11.3 Å². The van der Waals surface area contributed by atoms with E-state index in [0.717, 1.165) is 19.3 Å². The van der Waals surface area contributed by atoms with Gasteiger partial charge in [-0.2, -0.15) is 4.98 Å². The van der Waals surface area contributed by atoms with Crippen molar-refractivity contribution in [2.45, 2.75) is 36.8 Å². The molecule has 2 aromatic rings. The number of nitrogens with zero attached hydrogens (tertiary/aromatic N) is 2. The van der Waals surface area contributed by atoms with E-state index < -0.39 is 10.0 Å². The summed E-state index contributed by atoms with van der Waals surface area (Å²) in [6.07, 6.45) is 4.42. The minimum absolute atomic E-state index is 0.0689. The van der Waals surface area contributed by atoms with Crippen LogP contribution in [-0.2, 0) is 10.0 Å². The molecule has 0 aliphatic heterocycles. The molecule has 19 heavy (non-hydrogen) atoms. The molecule has 2 aromatic heterocycles. The van der Waals surface area contributed by atoms with Gasteiger partial charge in [0.05, 0.1) is 0 Å². The fourth-order valence-corrected chi connectivity index (χ4v) is 4.78. The molecule has 9 heteroatoms. The Morgan fingerprint density at radius 2 is 2.26 bits per heavy atom. The number of hydrogen-bond donors (Lipinski definition) is 3. The van der Waals surface area contributed by atoms with E-state index in [9.17, 15) is 8.42 Å². The van der Waals surface area contributed by atoms with Crippen molar-refractivity contribution < 1.29 is 8.42 Å². The van der Waals surface area contributed by atoms with E-state index in [0.29, 0.717) is 4.96 Å². The molecule has 0 aromatic carbocycles. The summed E-state index contributed by atoms with van der Waals surface area (Å²) in [6, 6.07) is 0. The molecular weight excluding hydrogens is 286 g/mol. The van der Waals surface area contributed by atoms with Crippen molar-refractivity contribution in [2.24, 2.45) is 5.84 Å². The normalized spacial score (nSPS) is 18.4. The number of nitrogens with two attached hydrogens (primary N) is 1. The van der Waals surface area contributed by atoms with Crippen molar-refractivity contribution in [3.63, 3.8) is 0 Å². The van der Waals surface area contributed by atoms with E-state index in [2.05, 4.69) is 15.1 Å². The average Bonchev–Trinajstić information content (AvgIpc) is 2.84. The quantitative estimate of drug-likeness (QED) is 0.575. The Labute approximate surface area is 114 Å². The van der Waals surface area contributed by atoms with Gasteiger partial charge >= 0.3 is 0 Å². The lowest BCUT2D eigenvalue weighted by Gasteiger charge is -2.38. The lowest BCUT2D eigenvalue weighted by atomic mass is 9.80. The Hall–Kier alpha value is -1.16. The van der Waals surface area contributed by atoms with Crippen LogP contribution in [0.25, 0.3) is 4.96 Å². The summed E-state index contributed by atoms with van der Waals surface area (Å²) >= 11 is 1.36. The second-order valence-electron chi connectivity index (χ2n) is 4.99. The zero-order valence-electron chi connectivity index (χ0n) is 10.4. The molecule has 1 saturated carbocycles. The Morgan fingerprint density at radius 1 is 1.53 bits per heavy atom. The molecule has 7 nitrogen and oxygen atoms in total. The number of rotatable bonds is 4. The van der Waals surface area contributed by atoms with Gasteiger partial charge in [0.25, 0.3) is 10.0 Å². The predicted octanol–water partition coefficient (Wildman–Crippen LogP) is 0.902. The van der Waals surface area contributed by atoms with Gasteiger partial charge in [0.15, 0.2) is 10.8 Å². The highest BCUT2D eigenvalue weighted by atomic mass is 32.2. The SMILES string of the molecule is CC1(NS(=O)(=O)c2c(NN)nc3sccn23)CCC1. The van der Waals surface area contributed by atoms with Crippen molar-refractivity contribution in [2.75, 3.05) is 5.43 Å². The first-order chi connectivity index (χ1) is 8.95. The zero-order chi connectivity index (χ0) is 13.7. The maximum absolute atomic E-state index is 12.5. The van der Waals surface area contributed by atoms with Crippen molar-refractivity contribution in [1.82, 2.24) is 14.1 Å². The number of imidazole rings is 1. The highest BCUT2D eigenvalue weighted by Gasteiger charge is 2.38. The van der Waals surface area contributed by atoms with Gasteiger partial charge in [-0.3, -0.25) is 4.40 Å². The molecular formula is C10H15N5O2S2. The third-order valence-electron chi connectivity index (χ3n) is 3.45. The Kier molecular flexibility index (Phi) is 2.82. The van der Waals surface area contributed by atoms with Crippen LogP contribution in [0, 0.1) is 0 Å². The number of hydrazine groups is 1. The largest absolute Gasteiger partial charge is 0.306 e. The minimum Gasteiger partial charge on any atom is -0.306 e. The molecule has 1 aliphatic carbocycles. The van der Waals surface area contributed by atoms with Crippen LogP contribution < -0.4 is 16.0 Å². The average molecular weight is 301 g/mol. The molecule has 0 spiro atoms. The van der Waals surface area contributed by atoms with Crippen LogP contribution in [0.1, 0.15) is 26.2 Å². The number of nitrogen functional groups attached to an aromatic ring is 1. The van der Waals surface area contributed by atoms with E-state index in [1.54, 1.807) is 11.6 Å². The zero-order valence-corrected chi connectivity index (χ0v) is 12.0. The van der Waals surface area contributed by atoms with Crippen LogP contribution in [0.4, 0.5) is 5.82 Å². The standard InChI is InChI=1S/C10H15N5O2S2/c1-10(3-2-4-10)14-19(16,17)8-7(13-11)12-9-15(8)5-6-18-9/h5-6,13-14H,2-4,11H2,1H3. The smallest absolute Gasteiger partial charge is 0.260 e. The molecule has 2 heterocycles. The molecule has 104 valence electrons. The summed E-state index contributed by atoms with van der Waals surface area (Å²) in [5.74, 6) is 5.54. The lowest BCUT2D eigenvalue weighted by molar-refractivity contribution is 0.247. The van der Waals surface area contributed by atoms with Crippen molar-refractivity contribution in [3.8, 4) is 0 Å². The monoisotopic (exact) mass is 301 g/mol. The molecule has 0 bridgehead atoms. The van der Waals surface area contributed by atoms with Gasteiger partial charge in [-0.05, 0) is 26.2 Å². The molecule has 0 saturated heterocycles. The van der Waals surface area contributed by atoms with Crippen LogP contribution in [0.3, 0.4) is 0 Å². The summed E-state index contributed by atoms with van der Waals surface area (Å²) in [7, 11) is -3.66. The second-order valence-corrected chi connectivity index (χ2v) is 7.46. The van der Waals surface area contributed by atoms with Crippen molar-refractivity contribution >= 4 is 32.1 Å². The number of hydrogen-bond acceptors (Lipinski definition) is 6. The molecule has 1 fully saturated rings. The van der Waals surface area contributed by atoms with E-state index in [4.69, 9.17) is 5.84 Å². The maximum Gasteiger partial charge on any atom is 0.260 e. The fraction of sp³-hybridized carbons (Fsp3) is 0.500. The Balaban J connectivity index is 2.08. The van der Waals surface area contributed by atoms with E-state index in [1.165, 1.54) is 15.7 Å². The summed E-state index contributed by atoms with van der Waals surface area (Å²) in [6.45, 7) is 1.91. The predicted molar refractivity (Wildman–Crippen MR) is 73.5 cm³/mol. The minimum atomic E-state index is -3.66. The van der Waals surface area contributed by atoms with Crippen LogP contribution in [-0.4, -0.2) is 23.3 Å². The molecule has 3 rings (SSSR count). The van der Waals surface area contributed by atoms with Crippen LogP contribution in [0.2, 0.25) is 0 Å². The van der Waals surface area contributed by atoms with Crippen molar-refractivity contribution in [1.29, 1.82) is 0 Å². The summed E-state index contributed by atoms with van der Waals surface area (Å²) in [5.41, 5.74) is 2.00. The first-order valence-corrected chi connectivity index (χ1v) is 8.28. The fourth-order valence-electron chi connectivity index (χ4n) is 2.30. The molecule has 0 radical (unpaired) electrons. The van der Waals surface area contributed by atoms with Gasteiger partial charge in [0, 0.05) is 17.1 Å². The third kappa shape index (κ3) is 2.02. The summed E-state index contributed by atoms with van der Waals surface area (Å²) < 4.78 is 29.3. The molecule has 0 unspecified atom stereocenters. The third-order valence-corrected chi connectivity index (χ3v) is 5.86. The Morgan fingerprint density at radius 3 is 2.84 bits per heavy atom. The van der Waals surface area contributed by atoms with E-state index >= 15 is 0 Å². The van der Waals surface area contributed by atoms with Gasteiger partial charge < -0.3 is 5.43 Å². The van der Waals surface area contributed by atoms with Gasteiger partial charge in [0.1, 0.15) is 0 Å². The van der Waals surface area contributed by atoms with Gasteiger partial charge in [0.2, 0.25) is 5.03 Å². The van der Waals surface area contributed by atoms with E-state index in [-0.39, 0.29) is 16.4 Å². The molecule has 4 N–H and O–H groups in total. The first-order valence-electron chi connectivity index (χ1n) is 5.91. The Bertz CT molecular complexity index is 713. The summed E-state index contributed by atoms with van der Waals surface area (Å²) in [5, 5.41) is 1.85. The highest BCUT2D eigenvalue weighted by Crippen LogP contribution is 2.34. The second kappa shape index (κ2) is 4.17. The molecule has 1 aliphatic rings. The highest BCUT2D eigenvalue weighted by molar-refractivity contribution is 7.89. The van der Waals surface area contributed by atoms with Gasteiger partial charge in [-0.25, -0.2) is 19.0 Å². The van der Waals surface area contributed by atoms with Crippen LogP contribution >= 0.6 is 11.3 Å². The number of thiazole rings is 1. The number of aromatic nitrogens is 2.